The van der Waals surface area contributed by atoms with E-state index in [9.17, 15) is 4.79 Å². The Kier molecular flexibility index (Phi) is 3.62. The number of anilines is 2. The van der Waals surface area contributed by atoms with Crippen LogP contribution < -0.4 is 15.5 Å². The van der Waals surface area contributed by atoms with Crippen LogP contribution in [0.4, 0.5) is 11.4 Å². The number of carbonyl (C=O) groups is 1. The fourth-order valence-corrected chi connectivity index (χ4v) is 3.07. The summed E-state index contributed by atoms with van der Waals surface area (Å²) >= 11 is 0. The summed E-state index contributed by atoms with van der Waals surface area (Å²) in [5, 5.41) is 6.36. The first-order chi connectivity index (χ1) is 9.79. The quantitative estimate of drug-likeness (QED) is 0.797. The number of nitrogens with one attached hydrogen (secondary N) is 2. The highest BCUT2D eigenvalue weighted by molar-refractivity contribution is 5.95. The first-order valence-electron chi connectivity index (χ1n) is 7.12. The number of rotatable bonds is 2. The van der Waals surface area contributed by atoms with Gasteiger partial charge in [0.25, 0.3) is 0 Å². The molecule has 2 N–H and O–H groups in total. The third-order valence-electron chi connectivity index (χ3n) is 4.04. The van der Waals surface area contributed by atoms with Crippen molar-refractivity contribution in [2.45, 2.75) is 25.3 Å². The summed E-state index contributed by atoms with van der Waals surface area (Å²) in [5.74, 6) is 2.88. The molecule has 4 heteroatoms. The van der Waals surface area contributed by atoms with E-state index >= 15 is 0 Å². The second kappa shape index (κ2) is 5.56. The van der Waals surface area contributed by atoms with Gasteiger partial charge in [-0.25, -0.2) is 0 Å². The van der Waals surface area contributed by atoms with E-state index in [1.165, 1.54) is 11.3 Å². The molecule has 0 radical (unpaired) electrons. The minimum absolute atomic E-state index is 0.107. The monoisotopic (exact) mass is 269 g/mol. The molecule has 2 heterocycles. The predicted molar refractivity (Wildman–Crippen MR) is 80.8 cm³/mol. The Morgan fingerprint density at radius 1 is 1.40 bits per heavy atom. The van der Waals surface area contributed by atoms with Gasteiger partial charge in [0.05, 0.1) is 6.04 Å². The zero-order valence-electron chi connectivity index (χ0n) is 11.5. The van der Waals surface area contributed by atoms with Gasteiger partial charge in [0.2, 0.25) is 5.91 Å². The minimum Gasteiger partial charge on any atom is -0.365 e. The highest BCUT2D eigenvalue weighted by Gasteiger charge is 2.26. The molecule has 1 aromatic rings. The van der Waals surface area contributed by atoms with Crippen molar-refractivity contribution in [3.05, 3.63) is 23.8 Å². The summed E-state index contributed by atoms with van der Waals surface area (Å²) in [4.78, 5) is 13.9. The van der Waals surface area contributed by atoms with Crippen molar-refractivity contribution in [1.82, 2.24) is 5.32 Å². The Morgan fingerprint density at radius 2 is 2.30 bits per heavy atom. The third-order valence-corrected chi connectivity index (χ3v) is 4.04. The van der Waals surface area contributed by atoms with Crippen LogP contribution >= 0.6 is 0 Å². The lowest BCUT2D eigenvalue weighted by Crippen LogP contribution is -2.51. The molecule has 0 bridgehead atoms. The lowest BCUT2D eigenvalue weighted by molar-refractivity contribution is -0.116. The molecule has 1 aromatic carbocycles. The highest BCUT2D eigenvalue weighted by atomic mass is 16.1. The second-order valence-electron chi connectivity index (χ2n) is 5.31. The summed E-state index contributed by atoms with van der Waals surface area (Å²) in [7, 11) is 0. The van der Waals surface area contributed by atoms with Gasteiger partial charge in [0, 0.05) is 43.9 Å². The van der Waals surface area contributed by atoms with Crippen molar-refractivity contribution in [2.75, 3.05) is 29.9 Å². The van der Waals surface area contributed by atoms with Crippen LogP contribution in [0.5, 0.6) is 0 Å². The second-order valence-corrected chi connectivity index (χ2v) is 5.31. The van der Waals surface area contributed by atoms with E-state index in [1.54, 1.807) is 0 Å². The van der Waals surface area contributed by atoms with Gasteiger partial charge in [-0.1, -0.05) is 6.07 Å². The summed E-state index contributed by atoms with van der Waals surface area (Å²) in [6, 6.07) is 6.46. The average Bonchev–Trinajstić information content (AvgIpc) is 2.47. The van der Waals surface area contributed by atoms with Crippen LogP contribution in [0.2, 0.25) is 0 Å². The van der Waals surface area contributed by atoms with Crippen LogP contribution in [0.1, 0.15) is 18.4 Å². The van der Waals surface area contributed by atoms with Gasteiger partial charge in [-0.15, -0.1) is 12.3 Å². The SMILES string of the molecule is C#CCC1CNCCN1c1cccc2c1CCC(=O)N2. The molecule has 3 rings (SSSR count). The lowest BCUT2D eigenvalue weighted by Gasteiger charge is -2.39. The van der Waals surface area contributed by atoms with Crippen molar-refractivity contribution in [2.24, 2.45) is 0 Å². The first kappa shape index (κ1) is 13.0. The molecular weight excluding hydrogens is 250 g/mol. The van der Waals surface area contributed by atoms with Crippen molar-refractivity contribution >= 4 is 17.3 Å². The van der Waals surface area contributed by atoms with E-state index in [2.05, 4.69) is 27.5 Å². The Labute approximate surface area is 119 Å². The molecule has 0 spiro atoms. The van der Waals surface area contributed by atoms with Crippen molar-refractivity contribution < 1.29 is 4.79 Å². The smallest absolute Gasteiger partial charge is 0.224 e. The molecule has 0 saturated carbocycles. The molecule has 1 amide bonds. The molecular formula is C16H19N3O. The van der Waals surface area contributed by atoms with Crippen molar-refractivity contribution in [3.8, 4) is 12.3 Å². The molecule has 2 aliphatic rings. The molecule has 20 heavy (non-hydrogen) atoms. The largest absolute Gasteiger partial charge is 0.365 e. The van der Waals surface area contributed by atoms with Gasteiger partial charge in [0.1, 0.15) is 0 Å². The number of nitrogens with zero attached hydrogens (tertiary/aromatic N) is 1. The molecule has 1 fully saturated rings. The maximum absolute atomic E-state index is 11.5. The molecule has 104 valence electrons. The summed E-state index contributed by atoms with van der Waals surface area (Å²) in [6.45, 7) is 2.84. The molecule has 4 nitrogen and oxygen atoms in total. The number of amides is 1. The minimum atomic E-state index is 0.107. The standard InChI is InChI=1S/C16H19N3O/c1-2-4-12-11-17-9-10-19(12)15-6-3-5-14-13(15)7-8-16(20)18-14/h1,3,5-6,12,17H,4,7-11H2,(H,18,20). The van der Waals surface area contributed by atoms with Gasteiger partial charge >= 0.3 is 0 Å². The highest BCUT2D eigenvalue weighted by Crippen LogP contribution is 2.33. The van der Waals surface area contributed by atoms with Crippen LogP contribution in [0.15, 0.2) is 18.2 Å². The topological polar surface area (TPSA) is 44.4 Å². The predicted octanol–water partition coefficient (Wildman–Crippen LogP) is 1.37. The van der Waals surface area contributed by atoms with Gasteiger partial charge < -0.3 is 15.5 Å². The van der Waals surface area contributed by atoms with E-state index in [4.69, 9.17) is 6.42 Å². The number of hydrogen-bond donors (Lipinski definition) is 2. The Hall–Kier alpha value is -1.99. The fraction of sp³-hybridized carbons (Fsp3) is 0.438. The average molecular weight is 269 g/mol. The zero-order valence-corrected chi connectivity index (χ0v) is 11.5. The number of piperazine rings is 1. The van der Waals surface area contributed by atoms with Crippen LogP contribution in [0, 0.1) is 12.3 Å². The first-order valence-corrected chi connectivity index (χ1v) is 7.12. The van der Waals surface area contributed by atoms with E-state index in [-0.39, 0.29) is 5.91 Å². The lowest BCUT2D eigenvalue weighted by atomic mass is 9.98. The summed E-state index contributed by atoms with van der Waals surface area (Å²) in [5.41, 5.74) is 3.43. The van der Waals surface area contributed by atoms with E-state index in [0.29, 0.717) is 12.5 Å². The van der Waals surface area contributed by atoms with Crippen LogP contribution in [0.25, 0.3) is 0 Å². The Balaban J connectivity index is 1.95. The number of fused-ring (bicyclic) bond motifs is 1. The van der Waals surface area contributed by atoms with Gasteiger partial charge in [-0.3, -0.25) is 4.79 Å². The number of terminal acetylenes is 1. The van der Waals surface area contributed by atoms with Crippen molar-refractivity contribution in [3.63, 3.8) is 0 Å². The molecule has 0 aromatic heterocycles. The van der Waals surface area contributed by atoms with Crippen LogP contribution in [-0.2, 0) is 11.2 Å². The molecule has 1 saturated heterocycles. The fourth-order valence-electron chi connectivity index (χ4n) is 3.07. The Bertz CT molecular complexity index is 561. The van der Waals surface area contributed by atoms with Crippen molar-refractivity contribution in [1.29, 1.82) is 0 Å². The van der Waals surface area contributed by atoms with Gasteiger partial charge in [0.15, 0.2) is 0 Å². The zero-order chi connectivity index (χ0) is 13.9. The Morgan fingerprint density at radius 3 is 3.15 bits per heavy atom. The normalized spacial score (nSPS) is 21.9. The maximum Gasteiger partial charge on any atom is 0.224 e. The molecule has 2 aliphatic heterocycles. The van der Waals surface area contributed by atoms with Gasteiger partial charge in [-0.05, 0) is 24.1 Å². The number of carbonyl (C=O) groups excluding carboxylic acids is 1. The van der Waals surface area contributed by atoms with Gasteiger partial charge in [-0.2, -0.15) is 0 Å². The summed E-state index contributed by atoms with van der Waals surface area (Å²) in [6.07, 6.45) is 7.61. The van der Waals surface area contributed by atoms with E-state index in [0.717, 1.165) is 38.2 Å². The summed E-state index contributed by atoms with van der Waals surface area (Å²) < 4.78 is 0. The number of hydrogen-bond acceptors (Lipinski definition) is 3. The van der Waals surface area contributed by atoms with E-state index < -0.39 is 0 Å². The number of benzene rings is 1. The maximum atomic E-state index is 11.5. The van der Waals surface area contributed by atoms with Crippen LogP contribution in [-0.4, -0.2) is 31.6 Å². The third kappa shape index (κ3) is 2.37. The molecule has 1 unspecified atom stereocenters. The molecule has 0 aliphatic carbocycles. The molecule has 1 atom stereocenters. The van der Waals surface area contributed by atoms with E-state index in [1.807, 2.05) is 12.1 Å². The van der Waals surface area contributed by atoms with Crippen LogP contribution in [0.3, 0.4) is 0 Å².